The number of nitrogens with zero attached hydrogens (tertiary/aromatic N) is 1. The number of aryl methyl sites for hydroxylation is 2. The third-order valence-corrected chi connectivity index (χ3v) is 3.51. The second kappa shape index (κ2) is 5.96. The first-order chi connectivity index (χ1) is 8.70. The summed E-state index contributed by atoms with van der Waals surface area (Å²) in [5.74, 6) is 3.39. The van der Waals surface area contributed by atoms with Gasteiger partial charge < -0.3 is 9.15 Å². The molecular formula is C14H17NO2S. The average Bonchev–Trinajstić information content (AvgIpc) is 2.68. The summed E-state index contributed by atoms with van der Waals surface area (Å²) in [7, 11) is 0. The Labute approximate surface area is 112 Å². The minimum Gasteiger partial charge on any atom is -0.483 e. The van der Waals surface area contributed by atoms with Gasteiger partial charge in [-0.05, 0) is 31.7 Å². The Morgan fingerprint density at radius 3 is 2.72 bits per heavy atom. The molecule has 0 aliphatic heterocycles. The Bertz CT molecular complexity index is 503. The van der Waals surface area contributed by atoms with Gasteiger partial charge in [-0.2, -0.15) is 0 Å². The van der Waals surface area contributed by atoms with Gasteiger partial charge in [0.05, 0.1) is 5.69 Å². The van der Waals surface area contributed by atoms with Crippen molar-refractivity contribution < 1.29 is 9.15 Å². The third kappa shape index (κ3) is 3.07. The van der Waals surface area contributed by atoms with E-state index in [0.717, 1.165) is 27.9 Å². The highest BCUT2D eigenvalue weighted by molar-refractivity contribution is 7.99. The topological polar surface area (TPSA) is 35.3 Å². The van der Waals surface area contributed by atoms with E-state index in [9.17, 15) is 0 Å². The minimum atomic E-state index is 0.371. The first kappa shape index (κ1) is 13.0. The molecule has 0 bridgehead atoms. The first-order valence-electron chi connectivity index (χ1n) is 5.98. The van der Waals surface area contributed by atoms with Gasteiger partial charge in [0, 0.05) is 4.90 Å². The van der Waals surface area contributed by atoms with E-state index in [1.54, 1.807) is 11.8 Å². The maximum Gasteiger partial charge on any atom is 0.232 e. The van der Waals surface area contributed by atoms with Crippen molar-refractivity contribution in [1.29, 1.82) is 0 Å². The fourth-order valence-corrected chi connectivity index (χ4v) is 2.34. The van der Waals surface area contributed by atoms with E-state index in [4.69, 9.17) is 9.15 Å². The molecule has 4 heteroatoms. The van der Waals surface area contributed by atoms with Crippen LogP contribution in [0.4, 0.5) is 0 Å². The number of oxazole rings is 1. The molecule has 0 spiro atoms. The molecular weight excluding hydrogens is 246 g/mol. The Balaban J connectivity index is 2.05. The largest absolute Gasteiger partial charge is 0.483 e. The predicted octanol–water partition coefficient (Wildman–Crippen LogP) is 3.98. The number of aromatic nitrogens is 1. The molecule has 96 valence electrons. The van der Waals surface area contributed by atoms with Crippen LogP contribution in [0.3, 0.4) is 0 Å². The number of para-hydroxylation sites is 1. The molecule has 0 radical (unpaired) electrons. The highest BCUT2D eigenvalue weighted by Crippen LogP contribution is 2.29. The van der Waals surface area contributed by atoms with Crippen LogP contribution in [0.25, 0.3) is 0 Å². The smallest absolute Gasteiger partial charge is 0.232 e. The SMILES string of the molecule is CCSc1ccccc1OCc1nc(C)c(C)o1. The lowest BCUT2D eigenvalue weighted by atomic mass is 10.3. The molecule has 0 aliphatic rings. The minimum absolute atomic E-state index is 0.371. The predicted molar refractivity (Wildman–Crippen MR) is 73.1 cm³/mol. The molecule has 0 aliphatic carbocycles. The van der Waals surface area contributed by atoms with Crippen molar-refractivity contribution in [3.05, 3.63) is 41.6 Å². The van der Waals surface area contributed by atoms with Gasteiger partial charge in [0.1, 0.15) is 11.5 Å². The van der Waals surface area contributed by atoms with Crippen molar-refractivity contribution in [3.63, 3.8) is 0 Å². The van der Waals surface area contributed by atoms with Crippen molar-refractivity contribution >= 4 is 11.8 Å². The lowest BCUT2D eigenvalue weighted by Crippen LogP contribution is -1.97. The molecule has 0 N–H and O–H groups in total. The summed E-state index contributed by atoms with van der Waals surface area (Å²) in [4.78, 5) is 5.46. The fraction of sp³-hybridized carbons (Fsp3) is 0.357. The van der Waals surface area contributed by atoms with E-state index in [1.165, 1.54) is 0 Å². The molecule has 18 heavy (non-hydrogen) atoms. The number of rotatable bonds is 5. The van der Waals surface area contributed by atoms with Crippen LogP contribution in [0.15, 0.2) is 33.6 Å². The van der Waals surface area contributed by atoms with E-state index in [-0.39, 0.29) is 0 Å². The van der Waals surface area contributed by atoms with Gasteiger partial charge in [0.25, 0.3) is 0 Å². The monoisotopic (exact) mass is 263 g/mol. The van der Waals surface area contributed by atoms with Crippen LogP contribution in [0, 0.1) is 13.8 Å². The number of benzene rings is 1. The highest BCUT2D eigenvalue weighted by Gasteiger charge is 2.08. The van der Waals surface area contributed by atoms with Crippen LogP contribution >= 0.6 is 11.8 Å². The van der Waals surface area contributed by atoms with Crippen LogP contribution in [-0.4, -0.2) is 10.7 Å². The molecule has 0 unspecified atom stereocenters. The van der Waals surface area contributed by atoms with E-state index >= 15 is 0 Å². The molecule has 0 saturated heterocycles. The molecule has 2 aromatic rings. The molecule has 1 heterocycles. The standard InChI is InChI=1S/C14H17NO2S/c1-4-18-13-8-6-5-7-12(13)16-9-14-15-10(2)11(3)17-14/h5-8H,4,9H2,1-3H3. The van der Waals surface area contributed by atoms with Crippen LogP contribution in [0.1, 0.15) is 24.3 Å². The fourth-order valence-electron chi connectivity index (χ4n) is 1.58. The molecule has 1 aromatic carbocycles. The molecule has 3 nitrogen and oxygen atoms in total. The van der Waals surface area contributed by atoms with Crippen LogP contribution < -0.4 is 4.74 Å². The number of hydrogen-bond donors (Lipinski definition) is 0. The summed E-state index contributed by atoms with van der Waals surface area (Å²) in [6.45, 7) is 6.34. The highest BCUT2D eigenvalue weighted by atomic mass is 32.2. The molecule has 0 fully saturated rings. The van der Waals surface area contributed by atoms with Gasteiger partial charge in [0.2, 0.25) is 5.89 Å². The van der Waals surface area contributed by atoms with E-state index in [1.807, 2.05) is 32.0 Å². The van der Waals surface area contributed by atoms with Gasteiger partial charge in [-0.25, -0.2) is 4.98 Å². The first-order valence-corrected chi connectivity index (χ1v) is 6.96. The van der Waals surface area contributed by atoms with Crippen molar-refractivity contribution in [2.75, 3.05) is 5.75 Å². The maximum atomic E-state index is 5.77. The zero-order valence-electron chi connectivity index (χ0n) is 10.9. The number of hydrogen-bond acceptors (Lipinski definition) is 4. The van der Waals surface area contributed by atoms with Crippen molar-refractivity contribution in [3.8, 4) is 5.75 Å². The third-order valence-electron chi connectivity index (χ3n) is 2.57. The van der Waals surface area contributed by atoms with E-state index < -0.39 is 0 Å². The zero-order chi connectivity index (χ0) is 13.0. The normalized spacial score (nSPS) is 10.6. The molecule has 0 atom stereocenters. The Kier molecular flexibility index (Phi) is 4.31. The summed E-state index contributed by atoms with van der Waals surface area (Å²) in [6.07, 6.45) is 0. The summed E-state index contributed by atoms with van der Waals surface area (Å²) in [5.41, 5.74) is 0.921. The average molecular weight is 263 g/mol. The number of thioether (sulfide) groups is 1. The molecule has 0 saturated carbocycles. The van der Waals surface area contributed by atoms with Crippen molar-refractivity contribution in [2.45, 2.75) is 32.3 Å². The lowest BCUT2D eigenvalue weighted by molar-refractivity contribution is 0.255. The number of ether oxygens (including phenoxy) is 1. The van der Waals surface area contributed by atoms with Crippen molar-refractivity contribution in [2.24, 2.45) is 0 Å². The summed E-state index contributed by atoms with van der Waals surface area (Å²) >= 11 is 1.77. The maximum absolute atomic E-state index is 5.77. The summed E-state index contributed by atoms with van der Waals surface area (Å²) in [6, 6.07) is 8.03. The van der Waals surface area contributed by atoms with Gasteiger partial charge in [-0.3, -0.25) is 0 Å². The van der Waals surface area contributed by atoms with Gasteiger partial charge in [-0.15, -0.1) is 11.8 Å². The van der Waals surface area contributed by atoms with E-state index in [2.05, 4.69) is 18.0 Å². The second-order valence-electron chi connectivity index (χ2n) is 3.92. The van der Waals surface area contributed by atoms with Crippen LogP contribution in [-0.2, 0) is 6.61 Å². The Morgan fingerprint density at radius 2 is 2.06 bits per heavy atom. The van der Waals surface area contributed by atoms with E-state index in [0.29, 0.717) is 12.5 Å². The summed E-state index contributed by atoms with van der Waals surface area (Å²) < 4.78 is 11.3. The van der Waals surface area contributed by atoms with Crippen molar-refractivity contribution in [1.82, 2.24) is 4.98 Å². The Morgan fingerprint density at radius 1 is 1.28 bits per heavy atom. The molecule has 1 aromatic heterocycles. The lowest BCUT2D eigenvalue weighted by Gasteiger charge is -2.08. The molecule has 0 amide bonds. The zero-order valence-corrected chi connectivity index (χ0v) is 11.7. The quantitative estimate of drug-likeness (QED) is 0.764. The summed E-state index contributed by atoms with van der Waals surface area (Å²) in [5, 5.41) is 0. The van der Waals surface area contributed by atoms with Crippen LogP contribution in [0.2, 0.25) is 0 Å². The molecule has 2 rings (SSSR count). The second-order valence-corrected chi connectivity index (χ2v) is 5.22. The van der Waals surface area contributed by atoms with Gasteiger partial charge in [0.15, 0.2) is 6.61 Å². The van der Waals surface area contributed by atoms with Gasteiger partial charge >= 0.3 is 0 Å². The Hall–Kier alpha value is -1.42. The van der Waals surface area contributed by atoms with Gasteiger partial charge in [-0.1, -0.05) is 19.1 Å². The van der Waals surface area contributed by atoms with Crippen LogP contribution in [0.5, 0.6) is 5.75 Å².